The van der Waals surface area contributed by atoms with Crippen LogP contribution in [-0.2, 0) is 15.5 Å². The van der Waals surface area contributed by atoms with Crippen molar-refractivity contribution in [2.75, 3.05) is 18.8 Å². The highest BCUT2D eigenvalue weighted by Crippen LogP contribution is 2.21. The Labute approximate surface area is 140 Å². The molecule has 2 heterocycles. The summed E-state index contributed by atoms with van der Waals surface area (Å²) >= 11 is 0. The quantitative estimate of drug-likeness (QED) is 0.791. The summed E-state index contributed by atoms with van der Waals surface area (Å²) in [5, 5.41) is 0.374. The Balaban J connectivity index is 1.93. The van der Waals surface area contributed by atoms with E-state index in [4.69, 9.17) is 4.74 Å². The van der Waals surface area contributed by atoms with E-state index < -0.39 is 16.4 Å². The van der Waals surface area contributed by atoms with Gasteiger partial charge in [0.2, 0.25) is 5.16 Å². The van der Waals surface area contributed by atoms with Crippen molar-refractivity contribution in [1.29, 1.82) is 0 Å². The van der Waals surface area contributed by atoms with E-state index in [0.717, 1.165) is 18.5 Å². The average molecular weight is 339 g/mol. The molecule has 2 atom stereocenters. The Hall–Kier alpha value is -1.50. The molecule has 128 valence electrons. The fraction of sp³-hybridized carbons (Fsp3) is 0.688. The van der Waals surface area contributed by atoms with E-state index >= 15 is 0 Å². The number of nitrogens with zero attached hydrogens (tertiary/aromatic N) is 3. The van der Waals surface area contributed by atoms with Crippen LogP contribution in [-0.4, -0.2) is 49.6 Å². The van der Waals surface area contributed by atoms with Crippen LogP contribution >= 0.6 is 0 Å². The van der Waals surface area contributed by atoms with E-state index in [1.807, 2.05) is 27.7 Å². The molecule has 2 unspecified atom stereocenters. The number of carbonyl (C=O) groups is 1. The first-order valence-corrected chi connectivity index (χ1v) is 9.22. The van der Waals surface area contributed by atoms with Crippen molar-refractivity contribution < 1.29 is 13.7 Å². The second-order valence-electron chi connectivity index (χ2n) is 6.93. The summed E-state index contributed by atoms with van der Waals surface area (Å²) < 4.78 is 17.8. The number of rotatable bonds is 3. The predicted octanol–water partition coefficient (Wildman–Crippen LogP) is 2.54. The molecule has 1 aromatic heterocycles. The van der Waals surface area contributed by atoms with Crippen molar-refractivity contribution >= 4 is 16.9 Å². The van der Waals surface area contributed by atoms with E-state index in [1.165, 1.54) is 0 Å². The minimum Gasteiger partial charge on any atom is -0.444 e. The number of aromatic nitrogens is 2. The van der Waals surface area contributed by atoms with Crippen LogP contribution in [0.25, 0.3) is 0 Å². The molecular formula is C16H25N3O3S. The number of ether oxygens (including phenoxy) is 1. The van der Waals surface area contributed by atoms with Crippen molar-refractivity contribution in [3.05, 3.63) is 18.0 Å². The van der Waals surface area contributed by atoms with Crippen LogP contribution in [0.2, 0.25) is 0 Å². The van der Waals surface area contributed by atoms with Crippen LogP contribution in [0.5, 0.6) is 0 Å². The van der Waals surface area contributed by atoms with Gasteiger partial charge in [0.25, 0.3) is 0 Å². The lowest BCUT2D eigenvalue weighted by Crippen LogP contribution is -2.44. The van der Waals surface area contributed by atoms with Gasteiger partial charge in [0, 0.05) is 30.7 Å². The van der Waals surface area contributed by atoms with E-state index in [9.17, 15) is 9.00 Å². The molecule has 0 spiro atoms. The van der Waals surface area contributed by atoms with Gasteiger partial charge in [0.1, 0.15) is 5.60 Å². The minimum absolute atomic E-state index is 0.182. The maximum absolute atomic E-state index is 12.4. The highest BCUT2D eigenvalue weighted by atomic mass is 32.2. The molecule has 1 saturated heterocycles. The van der Waals surface area contributed by atoms with E-state index in [-0.39, 0.29) is 12.0 Å². The number of amides is 1. The average Bonchev–Trinajstić information content (AvgIpc) is 2.45. The SMILES string of the molecule is Cc1ccnc(S(=O)CC2CCCN(C(=O)OC(C)(C)C)C2)n1. The molecule has 0 aromatic carbocycles. The fourth-order valence-corrected chi connectivity index (χ4v) is 3.79. The molecule has 1 fully saturated rings. The Morgan fingerprint density at radius 2 is 2.22 bits per heavy atom. The molecule has 0 N–H and O–H groups in total. The third-order valence-corrected chi connectivity index (χ3v) is 4.91. The van der Waals surface area contributed by atoms with Crippen LogP contribution in [0.4, 0.5) is 4.79 Å². The van der Waals surface area contributed by atoms with Gasteiger partial charge in [-0.3, -0.25) is 4.21 Å². The molecule has 1 aliphatic rings. The number of piperidine rings is 1. The number of aryl methyl sites for hydroxylation is 1. The van der Waals surface area contributed by atoms with Crippen LogP contribution in [0.1, 0.15) is 39.3 Å². The third-order valence-electron chi connectivity index (χ3n) is 3.53. The van der Waals surface area contributed by atoms with Gasteiger partial charge in [-0.05, 0) is 52.5 Å². The van der Waals surface area contributed by atoms with Gasteiger partial charge in [-0.25, -0.2) is 14.8 Å². The predicted molar refractivity (Wildman–Crippen MR) is 88.6 cm³/mol. The van der Waals surface area contributed by atoms with Crippen LogP contribution in [0.3, 0.4) is 0 Å². The fourth-order valence-electron chi connectivity index (χ4n) is 2.52. The molecule has 1 amide bonds. The van der Waals surface area contributed by atoms with E-state index in [1.54, 1.807) is 17.2 Å². The Kier molecular flexibility index (Phi) is 5.73. The van der Waals surface area contributed by atoms with Gasteiger partial charge in [0.15, 0.2) is 0 Å². The Bertz CT molecular complexity index is 586. The normalized spacial score (nSPS) is 20.2. The standard InChI is InChI=1S/C16H25N3O3S/c1-12-7-8-17-14(18-12)23(21)11-13-6-5-9-19(10-13)15(20)22-16(2,3)4/h7-8,13H,5-6,9-11H2,1-4H3. The summed E-state index contributed by atoms with van der Waals surface area (Å²) in [6, 6.07) is 1.78. The van der Waals surface area contributed by atoms with Crippen LogP contribution < -0.4 is 0 Å². The molecule has 0 aliphatic carbocycles. The van der Waals surface area contributed by atoms with Crippen molar-refractivity contribution in [2.45, 2.75) is 51.3 Å². The highest BCUT2D eigenvalue weighted by Gasteiger charge is 2.29. The van der Waals surface area contributed by atoms with Crippen LogP contribution in [0.15, 0.2) is 17.4 Å². The van der Waals surface area contributed by atoms with Crippen molar-refractivity contribution in [1.82, 2.24) is 14.9 Å². The van der Waals surface area contributed by atoms with E-state index in [0.29, 0.717) is 24.0 Å². The summed E-state index contributed by atoms with van der Waals surface area (Å²) in [6.45, 7) is 8.70. The molecule has 23 heavy (non-hydrogen) atoms. The lowest BCUT2D eigenvalue weighted by atomic mass is 10.0. The lowest BCUT2D eigenvalue weighted by molar-refractivity contribution is 0.0176. The van der Waals surface area contributed by atoms with Gasteiger partial charge in [-0.1, -0.05) is 0 Å². The first kappa shape index (κ1) is 17.8. The van der Waals surface area contributed by atoms with Gasteiger partial charge >= 0.3 is 6.09 Å². The number of hydrogen-bond acceptors (Lipinski definition) is 5. The van der Waals surface area contributed by atoms with E-state index in [2.05, 4.69) is 9.97 Å². The summed E-state index contributed by atoms with van der Waals surface area (Å²) in [4.78, 5) is 22.2. The molecule has 6 nitrogen and oxygen atoms in total. The minimum atomic E-state index is -1.24. The summed E-state index contributed by atoms with van der Waals surface area (Å²) in [6.07, 6.45) is 3.19. The van der Waals surface area contributed by atoms with Gasteiger partial charge in [0.05, 0.1) is 10.8 Å². The topological polar surface area (TPSA) is 72.4 Å². The van der Waals surface area contributed by atoms with Crippen molar-refractivity contribution in [3.8, 4) is 0 Å². The largest absolute Gasteiger partial charge is 0.444 e. The van der Waals surface area contributed by atoms with Crippen molar-refractivity contribution in [2.24, 2.45) is 5.92 Å². The Morgan fingerprint density at radius 1 is 1.48 bits per heavy atom. The number of carbonyl (C=O) groups excluding carboxylic acids is 1. The second kappa shape index (κ2) is 7.38. The maximum atomic E-state index is 12.4. The molecule has 2 rings (SSSR count). The maximum Gasteiger partial charge on any atom is 0.410 e. The number of likely N-dealkylation sites (tertiary alicyclic amines) is 1. The molecule has 0 radical (unpaired) electrons. The molecule has 0 bridgehead atoms. The third kappa shape index (κ3) is 5.57. The zero-order valence-corrected chi connectivity index (χ0v) is 15.1. The molecule has 7 heteroatoms. The van der Waals surface area contributed by atoms with Gasteiger partial charge < -0.3 is 9.64 Å². The van der Waals surface area contributed by atoms with Crippen LogP contribution in [0, 0.1) is 12.8 Å². The number of hydrogen-bond donors (Lipinski definition) is 0. The smallest absolute Gasteiger partial charge is 0.410 e. The van der Waals surface area contributed by atoms with Gasteiger partial charge in [-0.15, -0.1) is 0 Å². The summed E-state index contributed by atoms with van der Waals surface area (Å²) in [7, 11) is -1.24. The molecule has 1 aromatic rings. The van der Waals surface area contributed by atoms with Gasteiger partial charge in [-0.2, -0.15) is 0 Å². The molecule has 0 saturated carbocycles. The lowest BCUT2D eigenvalue weighted by Gasteiger charge is -2.33. The second-order valence-corrected chi connectivity index (χ2v) is 8.32. The molecule has 1 aliphatic heterocycles. The highest BCUT2D eigenvalue weighted by molar-refractivity contribution is 7.84. The molecular weight excluding hydrogens is 314 g/mol. The Morgan fingerprint density at radius 3 is 2.87 bits per heavy atom. The monoisotopic (exact) mass is 339 g/mol. The zero-order valence-electron chi connectivity index (χ0n) is 14.2. The zero-order chi connectivity index (χ0) is 17.0. The first-order chi connectivity index (χ1) is 10.7. The van der Waals surface area contributed by atoms with Crippen molar-refractivity contribution in [3.63, 3.8) is 0 Å². The summed E-state index contributed by atoms with van der Waals surface area (Å²) in [5.74, 6) is 0.657. The summed E-state index contributed by atoms with van der Waals surface area (Å²) in [5.41, 5.74) is 0.310. The first-order valence-electron chi connectivity index (χ1n) is 7.90.